The SMILES string of the molecule is Clc1ccc(CNC2CC2)c(Sc2nncs2)c1. The molecule has 1 aliphatic rings. The van der Waals surface area contributed by atoms with E-state index in [1.54, 1.807) is 28.6 Å². The van der Waals surface area contributed by atoms with Gasteiger partial charge in [-0.05, 0) is 30.5 Å². The fourth-order valence-electron chi connectivity index (χ4n) is 1.61. The van der Waals surface area contributed by atoms with Crippen molar-refractivity contribution < 1.29 is 0 Å². The Balaban J connectivity index is 1.78. The van der Waals surface area contributed by atoms with Gasteiger partial charge >= 0.3 is 0 Å². The van der Waals surface area contributed by atoms with E-state index in [2.05, 4.69) is 21.6 Å². The van der Waals surface area contributed by atoms with Crippen LogP contribution in [0.2, 0.25) is 5.02 Å². The average Bonchev–Trinajstić information content (AvgIpc) is 3.05. The Morgan fingerprint density at radius 1 is 1.44 bits per heavy atom. The van der Waals surface area contributed by atoms with E-state index in [9.17, 15) is 0 Å². The first kappa shape index (κ1) is 12.4. The number of nitrogens with zero attached hydrogens (tertiary/aromatic N) is 2. The molecule has 2 aromatic rings. The Morgan fingerprint density at radius 3 is 3.06 bits per heavy atom. The lowest BCUT2D eigenvalue weighted by Gasteiger charge is -2.09. The fourth-order valence-corrected chi connectivity index (χ4v) is 3.45. The van der Waals surface area contributed by atoms with Crippen molar-refractivity contribution >= 4 is 34.7 Å². The smallest absolute Gasteiger partial charge is 0.178 e. The predicted molar refractivity (Wildman–Crippen MR) is 75.3 cm³/mol. The van der Waals surface area contributed by atoms with Crippen LogP contribution in [0.3, 0.4) is 0 Å². The molecule has 94 valence electrons. The molecular formula is C12H12ClN3S2. The molecule has 1 aliphatic carbocycles. The van der Waals surface area contributed by atoms with Crippen LogP contribution < -0.4 is 5.32 Å². The molecule has 0 unspecified atom stereocenters. The van der Waals surface area contributed by atoms with Crippen LogP contribution in [0.4, 0.5) is 0 Å². The van der Waals surface area contributed by atoms with Gasteiger partial charge in [-0.3, -0.25) is 0 Å². The van der Waals surface area contributed by atoms with Crippen molar-refractivity contribution in [2.75, 3.05) is 0 Å². The first-order chi connectivity index (χ1) is 8.81. The van der Waals surface area contributed by atoms with Crippen molar-refractivity contribution in [3.63, 3.8) is 0 Å². The third kappa shape index (κ3) is 3.23. The van der Waals surface area contributed by atoms with Gasteiger partial charge in [0, 0.05) is 22.5 Å². The van der Waals surface area contributed by atoms with Crippen LogP contribution in [0.15, 0.2) is 32.9 Å². The number of benzene rings is 1. The Hall–Kier alpha value is -0.620. The minimum atomic E-state index is 0.708. The Bertz CT molecular complexity index is 526. The average molecular weight is 298 g/mol. The van der Waals surface area contributed by atoms with Crippen molar-refractivity contribution in [3.05, 3.63) is 34.3 Å². The highest BCUT2D eigenvalue weighted by molar-refractivity contribution is 8.01. The van der Waals surface area contributed by atoms with Crippen LogP contribution in [0.1, 0.15) is 18.4 Å². The highest BCUT2D eigenvalue weighted by Crippen LogP contribution is 2.33. The molecule has 0 saturated heterocycles. The van der Waals surface area contributed by atoms with Crippen LogP contribution in [0.25, 0.3) is 0 Å². The Kier molecular flexibility index (Phi) is 3.84. The standard InChI is InChI=1S/C12H12ClN3S2/c13-9-2-1-8(6-14-10-3-4-10)11(5-9)18-12-16-15-7-17-12/h1-2,5,7,10,14H,3-4,6H2. The molecule has 1 heterocycles. The summed E-state index contributed by atoms with van der Waals surface area (Å²) in [5.74, 6) is 0. The maximum atomic E-state index is 6.07. The highest BCUT2D eigenvalue weighted by atomic mass is 35.5. The molecule has 1 N–H and O–H groups in total. The summed E-state index contributed by atoms with van der Waals surface area (Å²) in [7, 11) is 0. The molecule has 3 nitrogen and oxygen atoms in total. The van der Waals surface area contributed by atoms with Gasteiger partial charge in [0.05, 0.1) is 0 Å². The molecule has 0 amide bonds. The van der Waals surface area contributed by atoms with Gasteiger partial charge in [0.2, 0.25) is 0 Å². The first-order valence-corrected chi connectivity index (χ1v) is 7.84. The fraction of sp³-hybridized carbons (Fsp3) is 0.333. The van der Waals surface area contributed by atoms with Gasteiger partial charge < -0.3 is 5.32 Å². The van der Waals surface area contributed by atoms with Gasteiger partial charge in [0.15, 0.2) is 4.34 Å². The molecule has 1 fully saturated rings. The van der Waals surface area contributed by atoms with Gasteiger partial charge in [-0.15, -0.1) is 10.2 Å². The van der Waals surface area contributed by atoms with Gasteiger partial charge in [-0.2, -0.15) is 0 Å². The van der Waals surface area contributed by atoms with Crippen molar-refractivity contribution in [2.45, 2.75) is 34.7 Å². The van der Waals surface area contributed by atoms with Gasteiger partial charge in [-0.25, -0.2) is 0 Å². The summed E-state index contributed by atoms with van der Waals surface area (Å²) in [4.78, 5) is 1.16. The Labute approximate surface area is 119 Å². The van der Waals surface area contributed by atoms with E-state index in [1.807, 2.05) is 12.1 Å². The van der Waals surface area contributed by atoms with Crippen LogP contribution >= 0.6 is 34.7 Å². The molecule has 0 atom stereocenters. The number of halogens is 1. The Morgan fingerprint density at radius 2 is 2.33 bits per heavy atom. The lowest BCUT2D eigenvalue weighted by atomic mass is 10.2. The largest absolute Gasteiger partial charge is 0.310 e. The van der Waals surface area contributed by atoms with E-state index in [4.69, 9.17) is 11.6 Å². The number of hydrogen-bond donors (Lipinski definition) is 1. The summed E-state index contributed by atoms with van der Waals surface area (Å²) in [6.45, 7) is 0.892. The summed E-state index contributed by atoms with van der Waals surface area (Å²) in [6.07, 6.45) is 2.60. The number of hydrogen-bond acceptors (Lipinski definition) is 5. The van der Waals surface area contributed by atoms with Crippen molar-refractivity contribution in [3.8, 4) is 0 Å². The normalized spacial score (nSPS) is 14.9. The van der Waals surface area contributed by atoms with Gasteiger partial charge in [0.1, 0.15) is 5.51 Å². The quantitative estimate of drug-likeness (QED) is 0.915. The summed E-state index contributed by atoms with van der Waals surface area (Å²) in [5.41, 5.74) is 3.01. The zero-order valence-corrected chi connectivity index (χ0v) is 12.0. The topological polar surface area (TPSA) is 37.8 Å². The number of aromatic nitrogens is 2. The summed E-state index contributed by atoms with van der Waals surface area (Å²) in [5, 5.41) is 12.2. The minimum Gasteiger partial charge on any atom is -0.310 e. The summed E-state index contributed by atoms with van der Waals surface area (Å²) in [6, 6.07) is 6.73. The van der Waals surface area contributed by atoms with Gasteiger partial charge in [0.25, 0.3) is 0 Å². The molecule has 1 aromatic carbocycles. The second-order valence-electron chi connectivity index (χ2n) is 4.21. The van der Waals surface area contributed by atoms with Crippen molar-refractivity contribution in [2.24, 2.45) is 0 Å². The highest BCUT2D eigenvalue weighted by Gasteiger charge is 2.20. The molecule has 1 aromatic heterocycles. The van der Waals surface area contributed by atoms with Crippen LogP contribution in [0, 0.1) is 0 Å². The first-order valence-electron chi connectivity index (χ1n) is 5.77. The number of nitrogens with one attached hydrogen (secondary N) is 1. The van der Waals surface area contributed by atoms with Crippen molar-refractivity contribution in [1.29, 1.82) is 0 Å². The predicted octanol–water partition coefficient (Wildman–Crippen LogP) is 3.59. The van der Waals surface area contributed by atoms with E-state index in [-0.39, 0.29) is 0 Å². The van der Waals surface area contributed by atoms with E-state index in [0.717, 1.165) is 20.8 Å². The van der Waals surface area contributed by atoms with Crippen molar-refractivity contribution in [1.82, 2.24) is 15.5 Å². The van der Waals surface area contributed by atoms with E-state index >= 15 is 0 Å². The van der Waals surface area contributed by atoms with Crippen LogP contribution in [-0.4, -0.2) is 16.2 Å². The monoisotopic (exact) mass is 297 g/mol. The zero-order valence-electron chi connectivity index (χ0n) is 9.60. The molecule has 6 heteroatoms. The molecule has 0 bridgehead atoms. The van der Waals surface area contributed by atoms with E-state index < -0.39 is 0 Å². The molecular weight excluding hydrogens is 286 g/mol. The molecule has 3 rings (SSSR count). The molecule has 1 saturated carbocycles. The second kappa shape index (κ2) is 5.57. The van der Waals surface area contributed by atoms with Crippen LogP contribution in [0.5, 0.6) is 0 Å². The number of rotatable bonds is 5. The zero-order chi connectivity index (χ0) is 12.4. The lowest BCUT2D eigenvalue weighted by molar-refractivity contribution is 0.680. The molecule has 0 radical (unpaired) electrons. The summed E-state index contributed by atoms with van der Waals surface area (Å²) >= 11 is 9.24. The third-order valence-electron chi connectivity index (χ3n) is 2.73. The molecule has 0 aliphatic heterocycles. The maximum absolute atomic E-state index is 6.07. The van der Waals surface area contributed by atoms with Crippen LogP contribution in [-0.2, 0) is 6.54 Å². The lowest BCUT2D eigenvalue weighted by Crippen LogP contribution is -2.15. The second-order valence-corrected chi connectivity index (χ2v) is 6.77. The van der Waals surface area contributed by atoms with E-state index in [1.165, 1.54) is 18.4 Å². The summed E-state index contributed by atoms with van der Waals surface area (Å²) < 4.78 is 0.949. The van der Waals surface area contributed by atoms with E-state index in [0.29, 0.717) is 6.04 Å². The maximum Gasteiger partial charge on any atom is 0.178 e. The molecule has 18 heavy (non-hydrogen) atoms. The van der Waals surface area contributed by atoms with Gasteiger partial charge in [-0.1, -0.05) is 40.8 Å². The third-order valence-corrected chi connectivity index (χ3v) is 4.84. The molecule has 0 spiro atoms. The minimum absolute atomic E-state index is 0.708.